The molecule has 0 radical (unpaired) electrons. The Hall–Kier alpha value is -1.35. The molecule has 0 aromatic carbocycles. The van der Waals surface area contributed by atoms with E-state index < -0.39 is 50.2 Å². The van der Waals surface area contributed by atoms with Crippen LogP contribution in [0.25, 0.3) is 0 Å². The fourth-order valence-corrected chi connectivity index (χ4v) is 4.75. The van der Waals surface area contributed by atoms with Crippen LogP contribution in [0.4, 0.5) is 4.20 Å². The van der Waals surface area contributed by atoms with Crippen molar-refractivity contribution in [3.63, 3.8) is 0 Å². The lowest BCUT2D eigenvalue weighted by molar-refractivity contribution is -0.167. The van der Waals surface area contributed by atoms with Crippen LogP contribution in [0, 0.1) is 0 Å². The molecule has 3 N–H and O–H groups in total. The highest BCUT2D eigenvalue weighted by atomic mass is 31.1. The molecule has 0 saturated carbocycles. The lowest BCUT2D eigenvalue weighted by Crippen LogP contribution is -2.61. The van der Waals surface area contributed by atoms with Gasteiger partial charge in [-0.25, -0.2) is 28.1 Å². The Labute approximate surface area is 209 Å². The van der Waals surface area contributed by atoms with Crippen LogP contribution < -0.4 is 22.8 Å². The van der Waals surface area contributed by atoms with Crippen molar-refractivity contribution in [2.75, 3.05) is 0 Å². The molecule has 0 saturated heterocycles. The molecular weight excluding hydrogens is 474 g/mol. The van der Waals surface area contributed by atoms with Crippen LogP contribution in [-0.2, 0) is 4.52 Å². The number of hydrogen-bond acceptors (Lipinski definition) is 6. The summed E-state index contributed by atoms with van der Waals surface area (Å²) in [7, 11) is -1.64. The van der Waals surface area contributed by atoms with Gasteiger partial charge >= 0.3 is 17.1 Å². The third-order valence-electron chi connectivity index (χ3n) is 6.64. The van der Waals surface area contributed by atoms with Gasteiger partial charge in [-0.3, -0.25) is 10.3 Å². The standard InChI is InChI=1S/C24H46FN4O5P/c1-6-9-12-15-18(4)27-21(30)28(19(5)16-13-10-7-2)23(32)29(22(27)31)20(17-14-11-8-3)24(26,33)34-35-25/h18-20,33,35H,6-17,26H2,1-5H3. The van der Waals surface area contributed by atoms with Gasteiger partial charge in [0.05, 0.1) is 0 Å². The molecule has 1 rings (SSSR count). The summed E-state index contributed by atoms with van der Waals surface area (Å²) in [5, 5.41) is 10.8. The number of aromatic nitrogens is 3. The number of nitrogens with two attached hydrogens (primary N) is 1. The van der Waals surface area contributed by atoms with E-state index in [2.05, 4.69) is 13.8 Å². The summed E-state index contributed by atoms with van der Waals surface area (Å²) in [6.07, 6.45) is 8.95. The van der Waals surface area contributed by atoms with E-state index in [4.69, 9.17) is 10.3 Å². The quantitative estimate of drug-likeness (QED) is 0.165. The number of rotatable bonds is 18. The number of hydrogen-bond donors (Lipinski definition) is 2. The van der Waals surface area contributed by atoms with Gasteiger partial charge in [0.2, 0.25) is 15.0 Å². The van der Waals surface area contributed by atoms with E-state index in [0.717, 1.165) is 65.1 Å². The molecule has 35 heavy (non-hydrogen) atoms. The second-order valence-electron chi connectivity index (χ2n) is 9.59. The first-order chi connectivity index (χ1) is 16.6. The molecule has 5 unspecified atom stereocenters. The maximum absolute atomic E-state index is 13.6. The van der Waals surface area contributed by atoms with Crippen LogP contribution in [0.15, 0.2) is 14.4 Å². The molecule has 0 spiro atoms. The highest BCUT2D eigenvalue weighted by molar-refractivity contribution is 7.25. The Kier molecular flexibility index (Phi) is 14.2. The number of nitrogens with zero attached hydrogens (tertiary/aromatic N) is 3. The molecular formula is C24H46FN4O5P. The molecule has 0 aliphatic rings. The first-order valence-electron chi connectivity index (χ1n) is 13.1. The molecule has 1 aromatic heterocycles. The Bertz CT molecular complexity index is 876. The van der Waals surface area contributed by atoms with Crippen molar-refractivity contribution < 1.29 is 13.8 Å². The van der Waals surface area contributed by atoms with Crippen LogP contribution in [0.1, 0.15) is 130 Å². The Morgan fingerprint density at radius 3 is 1.54 bits per heavy atom. The summed E-state index contributed by atoms with van der Waals surface area (Å²) in [5.74, 6) is -2.58. The molecule has 0 fully saturated rings. The average molecular weight is 521 g/mol. The summed E-state index contributed by atoms with van der Waals surface area (Å²) < 4.78 is 20.9. The van der Waals surface area contributed by atoms with Crippen LogP contribution in [0.2, 0.25) is 0 Å². The second-order valence-corrected chi connectivity index (χ2v) is 9.95. The topological polar surface area (TPSA) is 121 Å². The van der Waals surface area contributed by atoms with E-state index in [-0.39, 0.29) is 6.42 Å². The number of halogens is 1. The maximum Gasteiger partial charge on any atom is 0.337 e. The molecule has 0 bridgehead atoms. The van der Waals surface area contributed by atoms with Gasteiger partial charge in [0.1, 0.15) is 6.04 Å². The summed E-state index contributed by atoms with van der Waals surface area (Å²) in [6.45, 7) is 9.67. The summed E-state index contributed by atoms with van der Waals surface area (Å²) in [5.41, 5.74) is 3.55. The molecule has 11 heteroatoms. The number of unbranched alkanes of at least 4 members (excludes halogenated alkanes) is 6. The van der Waals surface area contributed by atoms with Gasteiger partial charge < -0.3 is 5.11 Å². The predicted molar refractivity (Wildman–Crippen MR) is 140 cm³/mol. The summed E-state index contributed by atoms with van der Waals surface area (Å²) >= 11 is 0. The van der Waals surface area contributed by atoms with Gasteiger partial charge in [0.15, 0.2) is 0 Å². The molecule has 0 aliphatic heterocycles. The SMILES string of the molecule is CCCCCC(C)n1c(=O)n(C(C)CCCCC)c(=O)n(C(CCCCC)C(N)(O)OPF)c1=O. The van der Waals surface area contributed by atoms with E-state index in [9.17, 15) is 23.7 Å². The van der Waals surface area contributed by atoms with Crippen molar-refractivity contribution in [1.29, 1.82) is 0 Å². The minimum Gasteiger partial charge on any atom is -0.352 e. The average Bonchev–Trinajstić information content (AvgIpc) is 2.78. The van der Waals surface area contributed by atoms with Crippen molar-refractivity contribution in [3.05, 3.63) is 31.5 Å². The third kappa shape index (κ3) is 8.62. The molecule has 9 nitrogen and oxygen atoms in total. The first-order valence-corrected chi connectivity index (χ1v) is 13.9. The maximum atomic E-state index is 13.6. The van der Waals surface area contributed by atoms with Gasteiger partial charge in [-0.15, -0.1) is 0 Å². The van der Waals surface area contributed by atoms with Crippen molar-refractivity contribution in [2.24, 2.45) is 5.73 Å². The molecule has 5 atom stereocenters. The second kappa shape index (κ2) is 15.7. The van der Waals surface area contributed by atoms with Gasteiger partial charge in [-0.1, -0.05) is 78.6 Å². The minimum atomic E-state index is -2.58. The van der Waals surface area contributed by atoms with E-state index in [1.54, 1.807) is 13.8 Å². The Morgan fingerprint density at radius 2 is 1.17 bits per heavy atom. The highest BCUT2D eigenvalue weighted by Crippen LogP contribution is 2.30. The monoisotopic (exact) mass is 520 g/mol. The van der Waals surface area contributed by atoms with E-state index >= 15 is 0 Å². The van der Waals surface area contributed by atoms with E-state index in [0.29, 0.717) is 19.3 Å². The van der Waals surface area contributed by atoms with Crippen molar-refractivity contribution >= 4 is 9.12 Å². The van der Waals surface area contributed by atoms with Gasteiger partial charge in [0, 0.05) is 12.1 Å². The molecule has 0 amide bonds. The Morgan fingerprint density at radius 1 is 0.800 bits per heavy atom. The zero-order chi connectivity index (χ0) is 26.6. The molecule has 0 aliphatic carbocycles. The number of aliphatic hydroxyl groups is 1. The molecule has 1 aromatic rings. The van der Waals surface area contributed by atoms with Crippen molar-refractivity contribution in [1.82, 2.24) is 13.7 Å². The largest absolute Gasteiger partial charge is 0.352 e. The highest BCUT2D eigenvalue weighted by Gasteiger charge is 2.39. The van der Waals surface area contributed by atoms with E-state index in [1.807, 2.05) is 6.92 Å². The lowest BCUT2D eigenvalue weighted by Gasteiger charge is -2.33. The van der Waals surface area contributed by atoms with Gasteiger partial charge in [-0.05, 0) is 33.1 Å². The molecule has 204 valence electrons. The fraction of sp³-hybridized carbons (Fsp3) is 0.875. The van der Waals surface area contributed by atoms with Crippen LogP contribution in [0.5, 0.6) is 0 Å². The van der Waals surface area contributed by atoms with Crippen molar-refractivity contribution in [2.45, 2.75) is 136 Å². The van der Waals surface area contributed by atoms with E-state index in [1.165, 1.54) is 0 Å². The van der Waals surface area contributed by atoms with Crippen LogP contribution in [-0.4, -0.2) is 24.7 Å². The zero-order valence-corrected chi connectivity index (χ0v) is 23.1. The zero-order valence-electron chi connectivity index (χ0n) is 22.1. The normalized spacial score (nSPS) is 16.5. The summed E-state index contributed by atoms with van der Waals surface area (Å²) in [6, 6.07) is -2.27. The van der Waals surface area contributed by atoms with Crippen LogP contribution in [0.3, 0.4) is 0 Å². The Balaban J connectivity index is 3.80. The van der Waals surface area contributed by atoms with Gasteiger partial charge in [-0.2, -0.15) is 4.20 Å². The van der Waals surface area contributed by atoms with Crippen molar-refractivity contribution in [3.8, 4) is 0 Å². The predicted octanol–water partition coefficient (Wildman–Crippen LogP) is 4.68. The fourth-order valence-electron chi connectivity index (χ4n) is 4.49. The molecule has 1 heterocycles. The van der Waals surface area contributed by atoms with Crippen LogP contribution >= 0.6 is 9.12 Å². The summed E-state index contributed by atoms with van der Waals surface area (Å²) in [4.78, 5) is 40.8. The first kappa shape index (κ1) is 31.7. The lowest BCUT2D eigenvalue weighted by atomic mass is 10.1. The third-order valence-corrected chi connectivity index (χ3v) is 7.05. The minimum absolute atomic E-state index is 0.118. The smallest absolute Gasteiger partial charge is 0.337 e. The van der Waals surface area contributed by atoms with Gasteiger partial charge in [0.25, 0.3) is 0 Å².